The highest BCUT2D eigenvalue weighted by molar-refractivity contribution is 6.32. The third-order valence-corrected chi connectivity index (χ3v) is 7.41. The van der Waals surface area contributed by atoms with Gasteiger partial charge in [-0.1, -0.05) is 30.7 Å². The second kappa shape index (κ2) is 14.3. The van der Waals surface area contributed by atoms with Crippen molar-refractivity contribution in [1.29, 1.82) is 0 Å². The normalized spacial score (nSPS) is 14.8. The van der Waals surface area contributed by atoms with E-state index in [1.54, 1.807) is 6.20 Å². The summed E-state index contributed by atoms with van der Waals surface area (Å²) in [5.41, 5.74) is 4.75. The minimum atomic E-state index is -4.64. The first-order chi connectivity index (χ1) is 20.5. The van der Waals surface area contributed by atoms with Gasteiger partial charge in [-0.15, -0.1) is 0 Å². The van der Waals surface area contributed by atoms with E-state index < -0.39 is 12.5 Å². The van der Waals surface area contributed by atoms with Crippen LogP contribution >= 0.6 is 11.6 Å². The average molecular weight is 617 g/mol. The summed E-state index contributed by atoms with van der Waals surface area (Å²) >= 11 is 6.37. The Balaban J connectivity index is 0.000000641. The van der Waals surface area contributed by atoms with Crippen LogP contribution < -0.4 is 16.0 Å². The lowest BCUT2D eigenvalue weighted by molar-refractivity contribution is -0.156. The second-order valence-electron chi connectivity index (χ2n) is 10.3. The zero-order chi connectivity index (χ0) is 31.0. The summed E-state index contributed by atoms with van der Waals surface area (Å²) < 4.78 is 31.2. The van der Waals surface area contributed by atoms with E-state index in [9.17, 15) is 22.8 Å². The summed E-state index contributed by atoms with van der Waals surface area (Å²) in [6.45, 7) is 3.36. The summed E-state index contributed by atoms with van der Waals surface area (Å²) in [5.74, 6) is 1.45. The minimum Gasteiger partial charge on any atom is -0.343 e. The molecule has 2 aliphatic rings. The summed E-state index contributed by atoms with van der Waals surface area (Å²) in [6, 6.07) is 14.0. The van der Waals surface area contributed by atoms with Gasteiger partial charge in [0.2, 0.25) is 24.0 Å². The topological polar surface area (TPSA) is 116 Å². The van der Waals surface area contributed by atoms with Crippen molar-refractivity contribution in [2.24, 2.45) is 5.92 Å². The number of halogens is 4. The van der Waals surface area contributed by atoms with Gasteiger partial charge in [-0.25, -0.2) is 4.98 Å². The number of fused-ring (bicyclic) bond motifs is 6. The number of benzene rings is 2. The first kappa shape index (κ1) is 31.7. The molecule has 1 aromatic heterocycles. The molecule has 3 heterocycles. The van der Waals surface area contributed by atoms with Crippen molar-refractivity contribution in [1.82, 2.24) is 14.9 Å². The van der Waals surface area contributed by atoms with E-state index in [4.69, 9.17) is 16.4 Å². The minimum absolute atomic E-state index is 0.00910. The van der Waals surface area contributed by atoms with Crippen molar-refractivity contribution in [3.05, 3.63) is 64.8 Å². The Morgan fingerprint density at radius 3 is 2.51 bits per heavy atom. The van der Waals surface area contributed by atoms with E-state index in [0.717, 1.165) is 61.4 Å². The Morgan fingerprint density at radius 2 is 1.81 bits per heavy atom. The smallest absolute Gasteiger partial charge is 0.343 e. The monoisotopic (exact) mass is 616 g/mol. The summed E-state index contributed by atoms with van der Waals surface area (Å²) in [4.78, 5) is 44.4. The number of aryl methyl sites for hydroxylation is 2. The molecule has 1 fully saturated rings. The Bertz CT molecular complexity index is 1460. The number of piperidine rings is 1. The predicted molar refractivity (Wildman–Crippen MR) is 159 cm³/mol. The van der Waals surface area contributed by atoms with Gasteiger partial charge in [-0.2, -0.15) is 18.2 Å². The van der Waals surface area contributed by atoms with Crippen LogP contribution in [0.4, 0.5) is 42.0 Å². The van der Waals surface area contributed by atoms with Gasteiger partial charge in [0.05, 0.1) is 6.20 Å². The summed E-state index contributed by atoms with van der Waals surface area (Å²) in [7, 11) is 0. The number of alkyl halides is 3. The molecule has 0 atom stereocenters. The maximum Gasteiger partial charge on any atom is 0.446 e. The van der Waals surface area contributed by atoms with Crippen molar-refractivity contribution >= 4 is 58.5 Å². The first-order valence-electron chi connectivity index (χ1n) is 13.9. The number of carbonyl (C=O) groups is 3. The molecule has 2 aromatic carbocycles. The Morgan fingerprint density at radius 1 is 1.09 bits per heavy atom. The molecule has 0 spiro atoms. The molecule has 228 valence electrons. The van der Waals surface area contributed by atoms with E-state index in [-0.39, 0.29) is 17.7 Å². The number of aromatic nitrogens is 2. The fraction of sp³-hybridized carbons (Fsp3) is 0.367. The van der Waals surface area contributed by atoms with Crippen molar-refractivity contribution in [2.45, 2.75) is 51.6 Å². The van der Waals surface area contributed by atoms with Crippen LogP contribution in [0.25, 0.3) is 0 Å². The summed E-state index contributed by atoms with van der Waals surface area (Å²) in [6.07, 6.45) is 0.147. The molecule has 2 amide bonds. The van der Waals surface area contributed by atoms with Gasteiger partial charge in [0.25, 0.3) is 0 Å². The van der Waals surface area contributed by atoms with Gasteiger partial charge in [0.1, 0.15) is 5.02 Å². The van der Waals surface area contributed by atoms with Gasteiger partial charge in [-0.3, -0.25) is 14.4 Å². The molecule has 0 aliphatic carbocycles. The molecule has 1 saturated heterocycles. The first-order valence-corrected chi connectivity index (χ1v) is 14.3. The van der Waals surface area contributed by atoms with Crippen LogP contribution in [-0.4, -0.2) is 52.2 Å². The fourth-order valence-corrected chi connectivity index (χ4v) is 5.08. The Kier molecular flexibility index (Phi) is 10.6. The zero-order valence-corrected chi connectivity index (χ0v) is 24.3. The van der Waals surface area contributed by atoms with Crippen LogP contribution in [0.5, 0.6) is 0 Å². The van der Waals surface area contributed by atoms with E-state index in [0.29, 0.717) is 29.6 Å². The number of hydrogen-bond acceptors (Lipinski definition) is 7. The van der Waals surface area contributed by atoms with Crippen LogP contribution in [-0.2, 0) is 27.2 Å². The molecule has 0 radical (unpaired) electrons. The zero-order valence-electron chi connectivity index (χ0n) is 23.5. The lowest BCUT2D eigenvalue weighted by atomic mass is 9.93. The third kappa shape index (κ3) is 9.40. The maximum absolute atomic E-state index is 13.0. The average Bonchev–Trinajstić information content (AvgIpc) is 2.99. The van der Waals surface area contributed by atoms with Crippen LogP contribution in [0.1, 0.15) is 43.7 Å². The van der Waals surface area contributed by atoms with Crippen LogP contribution in [0.3, 0.4) is 0 Å². The molecule has 2 aliphatic heterocycles. The van der Waals surface area contributed by atoms with Gasteiger partial charge in [0.15, 0.2) is 5.82 Å². The number of rotatable bonds is 4. The molecule has 6 bridgehead atoms. The molecule has 5 rings (SSSR count). The SMILES string of the molecule is CCC(=O)N1CCC(CC(=O)Nc2ccc3cc2CCc2cccc(c2)Nc2ncc(Cl)c(n2)N3)CC1.O=CC(F)(F)F. The number of anilines is 5. The van der Waals surface area contributed by atoms with Crippen LogP contribution in [0, 0.1) is 5.92 Å². The van der Waals surface area contributed by atoms with Gasteiger partial charge < -0.3 is 20.9 Å². The summed E-state index contributed by atoms with van der Waals surface area (Å²) in [5, 5.41) is 10.1. The molecule has 43 heavy (non-hydrogen) atoms. The van der Waals surface area contributed by atoms with Crippen molar-refractivity contribution < 1.29 is 27.6 Å². The highest BCUT2D eigenvalue weighted by Gasteiger charge is 2.25. The molecule has 0 unspecified atom stereocenters. The number of nitrogens with zero attached hydrogens (tertiary/aromatic N) is 3. The van der Waals surface area contributed by atoms with E-state index in [1.165, 1.54) is 5.56 Å². The molecular weight excluding hydrogens is 585 g/mol. The highest BCUT2D eigenvalue weighted by Crippen LogP contribution is 2.30. The quantitative estimate of drug-likeness (QED) is 0.289. The molecule has 13 heteroatoms. The second-order valence-corrected chi connectivity index (χ2v) is 10.7. The van der Waals surface area contributed by atoms with E-state index >= 15 is 0 Å². The fourth-order valence-electron chi connectivity index (χ4n) is 4.94. The number of hydrogen-bond donors (Lipinski definition) is 3. The van der Waals surface area contributed by atoms with Crippen molar-refractivity contribution in [3.63, 3.8) is 0 Å². The third-order valence-electron chi connectivity index (χ3n) is 7.13. The van der Waals surface area contributed by atoms with Crippen molar-refractivity contribution in [2.75, 3.05) is 29.0 Å². The van der Waals surface area contributed by atoms with Gasteiger partial charge in [-0.05, 0) is 73.1 Å². The number of nitrogens with one attached hydrogen (secondary N) is 3. The van der Waals surface area contributed by atoms with E-state index in [2.05, 4.69) is 38.1 Å². The molecule has 3 N–H and O–H groups in total. The maximum atomic E-state index is 13.0. The molecule has 9 nitrogen and oxygen atoms in total. The van der Waals surface area contributed by atoms with Gasteiger partial charge >= 0.3 is 6.18 Å². The lowest BCUT2D eigenvalue weighted by Crippen LogP contribution is -2.38. The number of carbonyl (C=O) groups excluding carboxylic acids is 3. The number of aldehydes is 1. The van der Waals surface area contributed by atoms with Gasteiger partial charge in [0, 0.05) is 43.0 Å². The number of likely N-dealkylation sites (tertiary alicyclic amines) is 1. The molecule has 3 aromatic rings. The van der Waals surface area contributed by atoms with E-state index in [1.807, 2.05) is 42.2 Å². The van der Waals surface area contributed by atoms with Crippen LogP contribution in [0.2, 0.25) is 5.02 Å². The Labute approximate surface area is 252 Å². The number of amides is 2. The van der Waals surface area contributed by atoms with Crippen LogP contribution in [0.15, 0.2) is 48.7 Å². The standard InChI is InChI=1S/C28H31ClN6O2.C2HF3O/c1-2-26(37)35-12-10-19(11-13-35)15-25(36)33-24-9-8-22-16-20(24)7-6-18-4-3-5-21(14-18)32-28-30-17-23(29)27(31-22)34-28;3-2(4,5)1-6/h3-5,8-9,14,16-17,19H,2,6-7,10-13,15H2,1H3,(H,33,36)(H2,30,31,32,34);1H. The van der Waals surface area contributed by atoms with Crippen molar-refractivity contribution in [3.8, 4) is 0 Å². The molecular formula is C30H32ClF3N6O3. The Hall–Kier alpha value is -4.19. The largest absolute Gasteiger partial charge is 0.446 e. The highest BCUT2D eigenvalue weighted by atomic mass is 35.5. The predicted octanol–water partition coefficient (Wildman–Crippen LogP) is 6.44. The molecule has 0 saturated carbocycles. The lowest BCUT2D eigenvalue weighted by Gasteiger charge is -2.31.